The number of rotatable bonds is 5. The van der Waals surface area contributed by atoms with Crippen LogP contribution in [0.4, 0.5) is 16.2 Å². The van der Waals surface area contributed by atoms with E-state index in [1.54, 1.807) is 0 Å². The number of ether oxygens (including phenoxy) is 1. The van der Waals surface area contributed by atoms with Gasteiger partial charge in [-0.3, -0.25) is 19.7 Å². The number of fused-ring (bicyclic) bond motifs is 2. The monoisotopic (exact) mass is 438 g/mol. The van der Waals surface area contributed by atoms with E-state index in [2.05, 4.69) is 10.6 Å². The van der Waals surface area contributed by atoms with Gasteiger partial charge >= 0.3 is 6.03 Å². The number of nitrogens with one attached hydrogen (secondary N) is 2. The molecule has 1 saturated heterocycles. The lowest BCUT2D eigenvalue weighted by molar-refractivity contribution is -0.384. The molecule has 10 heteroatoms. The van der Waals surface area contributed by atoms with Gasteiger partial charge in [0, 0.05) is 12.1 Å². The van der Waals surface area contributed by atoms with E-state index in [0.717, 1.165) is 34.9 Å². The number of carbonyl (C=O) groups is 3. The molecule has 0 saturated carbocycles. The molecule has 1 fully saturated rings. The zero-order valence-electron chi connectivity index (χ0n) is 17.6. The van der Waals surface area contributed by atoms with Crippen LogP contribution in [0.2, 0.25) is 0 Å². The molecule has 166 valence electrons. The lowest BCUT2D eigenvalue weighted by Gasteiger charge is -2.33. The first kappa shape index (κ1) is 21.3. The van der Waals surface area contributed by atoms with Crippen LogP contribution >= 0.6 is 0 Å². The minimum atomic E-state index is -1.19. The van der Waals surface area contributed by atoms with E-state index in [9.17, 15) is 24.5 Å². The van der Waals surface area contributed by atoms with E-state index in [1.165, 1.54) is 26.2 Å². The molecule has 1 heterocycles. The Morgan fingerprint density at radius 3 is 2.75 bits per heavy atom. The van der Waals surface area contributed by atoms with E-state index in [-0.39, 0.29) is 17.1 Å². The molecule has 2 aliphatic rings. The van der Waals surface area contributed by atoms with Gasteiger partial charge in [-0.2, -0.15) is 0 Å². The standard InChI is InChI=1S/C22H22N4O6/c1-13(19(27)23-17-12-15(26(30)31)9-10-18(17)32-2)25-20(28)22(24-21(25)29)11-5-7-14-6-3-4-8-16(14)22/h3-4,6,8-10,12-13H,5,7,11H2,1-2H3,(H,23,27)(H,24,29)/t13-,22-/m1/s1. The number of urea groups is 1. The van der Waals surface area contributed by atoms with Gasteiger partial charge < -0.3 is 15.4 Å². The predicted octanol–water partition coefficient (Wildman–Crippen LogP) is 2.71. The number of amides is 4. The van der Waals surface area contributed by atoms with Crippen LogP contribution in [0.25, 0.3) is 0 Å². The van der Waals surface area contributed by atoms with Gasteiger partial charge in [-0.05, 0) is 43.4 Å². The number of carbonyl (C=O) groups excluding carboxylic acids is 3. The highest BCUT2D eigenvalue weighted by molar-refractivity contribution is 6.11. The van der Waals surface area contributed by atoms with Crippen molar-refractivity contribution in [3.63, 3.8) is 0 Å². The van der Waals surface area contributed by atoms with Crippen LogP contribution in [0.15, 0.2) is 42.5 Å². The van der Waals surface area contributed by atoms with Crippen molar-refractivity contribution in [1.29, 1.82) is 0 Å². The average molecular weight is 438 g/mol. The summed E-state index contributed by atoms with van der Waals surface area (Å²) in [5, 5.41) is 16.4. The van der Waals surface area contributed by atoms with Crippen LogP contribution in [0.5, 0.6) is 5.75 Å². The van der Waals surface area contributed by atoms with Crippen molar-refractivity contribution < 1.29 is 24.0 Å². The fourth-order valence-corrected chi connectivity index (χ4v) is 4.39. The second-order valence-corrected chi connectivity index (χ2v) is 7.83. The third-order valence-electron chi connectivity index (χ3n) is 6.02. The summed E-state index contributed by atoms with van der Waals surface area (Å²) in [6, 6.07) is 9.43. The second-order valence-electron chi connectivity index (χ2n) is 7.83. The Kier molecular flexibility index (Phi) is 5.29. The highest BCUT2D eigenvalue weighted by Crippen LogP contribution is 2.40. The normalized spacial score (nSPS) is 20.5. The number of nitrogens with zero attached hydrogens (tertiary/aromatic N) is 2. The minimum absolute atomic E-state index is 0.0725. The maximum absolute atomic E-state index is 13.5. The summed E-state index contributed by atoms with van der Waals surface area (Å²) in [5.74, 6) is -0.942. The molecule has 2 aromatic carbocycles. The maximum atomic E-state index is 13.5. The molecule has 0 aromatic heterocycles. The SMILES string of the molecule is COc1ccc([N+](=O)[O-])cc1NC(=O)[C@@H](C)N1C(=O)N[C@@]2(CCCc3ccccc32)C1=O. The molecule has 4 rings (SSSR count). The quantitative estimate of drug-likeness (QED) is 0.419. The largest absolute Gasteiger partial charge is 0.495 e. The molecular formula is C22H22N4O6. The number of nitro groups is 1. The third kappa shape index (κ3) is 3.33. The smallest absolute Gasteiger partial charge is 0.326 e. The summed E-state index contributed by atoms with van der Waals surface area (Å²) in [6.07, 6.45) is 1.98. The highest BCUT2D eigenvalue weighted by atomic mass is 16.6. The van der Waals surface area contributed by atoms with Gasteiger partial charge in [-0.1, -0.05) is 24.3 Å². The molecule has 2 atom stereocenters. The maximum Gasteiger partial charge on any atom is 0.326 e. The number of non-ortho nitro benzene ring substituents is 1. The van der Waals surface area contributed by atoms with Gasteiger partial charge in [0.15, 0.2) is 0 Å². The summed E-state index contributed by atoms with van der Waals surface area (Å²) in [7, 11) is 1.36. The third-order valence-corrected chi connectivity index (χ3v) is 6.02. The fraction of sp³-hybridized carbons (Fsp3) is 0.318. The van der Waals surface area contributed by atoms with Crippen molar-refractivity contribution in [2.24, 2.45) is 0 Å². The van der Waals surface area contributed by atoms with Crippen molar-refractivity contribution >= 4 is 29.2 Å². The van der Waals surface area contributed by atoms with E-state index in [4.69, 9.17) is 4.74 Å². The minimum Gasteiger partial charge on any atom is -0.495 e. The van der Waals surface area contributed by atoms with Crippen LogP contribution in [0.3, 0.4) is 0 Å². The number of benzene rings is 2. The van der Waals surface area contributed by atoms with Gasteiger partial charge in [0.25, 0.3) is 11.6 Å². The van der Waals surface area contributed by atoms with E-state index >= 15 is 0 Å². The topological polar surface area (TPSA) is 131 Å². The summed E-state index contributed by atoms with van der Waals surface area (Å²) >= 11 is 0. The summed E-state index contributed by atoms with van der Waals surface area (Å²) in [5.41, 5.74) is 0.390. The summed E-state index contributed by atoms with van der Waals surface area (Å²) < 4.78 is 5.16. The Labute approximate surface area is 183 Å². The van der Waals surface area contributed by atoms with Crippen molar-refractivity contribution in [2.75, 3.05) is 12.4 Å². The molecule has 0 radical (unpaired) electrons. The van der Waals surface area contributed by atoms with Crippen LogP contribution in [-0.2, 0) is 21.5 Å². The van der Waals surface area contributed by atoms with E-state index in [1.807, 2.05) is 24.3 Å². The van der Waals surface area contributed by atoms with E-state index in [0.29, 0.717) is 6.42 Å². The van der Waals surface area contributed by atoms with E-state index < -0.39 is 34.3 Å². The molecule has 1 aliphatic heterocycles. The van der Waals surface area contributed by atoms with Crippen LogP contribution in [-0.4, -0.2) is 40.8 Å². The molecule has 4 amide bonds. The Hall–Kier alpha value is -3.95. The Morgan fingerprint density at radius 2 is 2.03 bits per heavy atom. The van der Waals surface area contributed by atoms with Gasteiger partial charge in [-0.25, -0.2) is 9.69 Å². The first-order chi connectivity index (χ1) is 15.3. The lowest BCUT2D eigenvalue weighted by Crippen LogP contribution is -2.49. The average Bonchev–Trinajstić information content (AvgIpc) is 3.03. The molecule has 2 aromatic rings. The Morgan fingerprint density at radius 1 is 1.28 bits per heavy atom. The number of methoxy groups -OCH3 is 1. The molecule has 10 nitrogen and oxygen atoms in total. The number of imide groups is 1. The lowest BCUT2D eigenvalue weighted by atomic mass is 9.76. The van der Waals surface area contributed by atoms with Gasteiger partial charge in [0.1, 0.15) is 17.3 Å². The number of anilines is 1. The molecule has 32 heavy (non-hydrogen) atoms. The molecular weight excluding hydrogens is 416 g/mol. The van der Waals surface area contributed by atoms with Gasteiger partial charge in [0.2, 0.25) is 5.91 Å². The number of nitro benzene ring substituents is 1. The Bertz CT molecular complexity index is 1130. The molecule has 1 spiro atoms. The number of hydrogen-bond donors (Lipinski definition) is 2. The first-order valence-corrected chi connectivity index (χ1v) is 10.2. The molecule has 2 N–H and O–H groups in total. The second kappa shape index (κ2) is 7.95. The zero-order chi connectivity index (χ0) is 23.0. The van der Waals surface area contributed by atoms with Crippen LogP contribution in [0.1, 0.15) is 30.9 Å². The fourth-order valence-electron chi connectivity index (χ4n) is 4.39. The highest BCUT2D eigenvalue weighted by Gasteiger charge is 2.55. The van der Waals surface area contributed by atoms with Crippen LogP contribution < -0.4 is 15.4 Å². The first-order valence-electron chi connectivity index (χ1n) is 10.2. The summed E-state index contributed by atoms with van der Waals surface area (Å²) in [6.45, 7) is 1.43. The van der Waals surface area contributed by atoms with Crippen molar-refractivity contribution in [2.45, 2.75) is 37.8 Å². The molecule has 1 aliphatic carbocycles. The molecule has 0 bridgehead atoms. The van der Waals surface area contributed by atoms with Crippen LogP contribution in [0, 0.1) is 10.1 Å². The number of hydrogen-bond acceptors (Lipinski definition) is 6. The zero-order valence-corrected chi connectivity index (χ0v) is 17.6. The van der Waals surface area contributed by atoms with Crippen molar-refractivity contribution in [3.8, 4) is 5.75 Å². The van der Waals surface area contributed by atoms with Gasteiger partial charge in [-0.15, -0.1) is 0 Å². The summed E-state index contributed by atoms with van der Waals surface area (Å²) in [4.78, 5) is 50.7. The predicted molar refractivity (Wildman–Crippen MR) is 114 cm³/mol. The van der Waals surface area contributed by atoms with Crippen molar-refractivity contribution in [3.05, 3.63) is 63.7 Å². The Balaban J connectivity index is 1.61. The number of aryl methyl sites for hydroxylation is 1. The molecule has 0 unspecified atom stereocenters. The van der Waals surface area contributed by atoms with Crippen molar-refractivity contribution in [1.82, 2.24) is 10.2 Å². The van der Waals surface area contributed by atoms with Gasteiger partial charge in [0.05, 0.1) is 17.7 Å².